The predicted molar refractivity (Wildman–Crippen MR) is 252 cm³/mol. The van der Waals surface area contributed by atoms with Crippen LogP contribution in [0.15, 0.2) is 79.8 Å². The van der Waals surface area contributed by atoms with E-state index < -0.39 is 116 Å². The van der Waals surface area contributed by atoms with Crippen LogP contribution in [-0.2, 0) is 14.3 Å². The summed E-state index contributed by atoms with van der Waals surface area (Å²) in [6.45, 7) is -1.38. The molecule has 29 nitrogen and oxygen atoms in total. The lowest BCUT2D eigenvalue weighted by Crippen LogP contribution is -2.52. The Labute approximate surface area is 417 Å². The van der Waals surface area contributed by atoms with E-state index in [0.29, 0.717) is 0 Å². The maximum absolute atomic E-state index is 14.4. The van der Waals surface area contributed by atoms with Crippen molar-refractivity contribution < 1.29 is 63.9 Å². The lowest BCUT2D eigenvalue weighted by atomic mass is 10.1. The quantitative estimate of drug-likeness (QED) is 0.0594. The van der Waals surface area contributed by atoms with Gasteiger partial charge in [-0.1, -0.05) is 12.1 Å². The summed E-state index contributed by atoms with van der Waals surface area (Å²) in [6.07, 6.45) is -0.518. The number of fused-ring (bicyclic) bond motifs is 2. The highest BCUT2D eigenvalue weighted by Crippen LogP contribution is 2.16. The molecule has 0 spiro atoms. The zero-order valence-electron chi connectivity index (χ0n) is 39.5. The van der Waals surface area contributed by atoms with E-state index in [1.807, 2.05) is 0 Å². The van der Waals surface area contributed by atoms with E-state index in [0.717, 1.165) is 47.4 Å². The van der Waals surface area contributed by atoms with E-state index in [4.69, 9.17) is 15.2 Å². The summed E-state index contributed by atoms with van der Waals surface area (Å²) in [6, 6.07) is 7.10. The number of carbonyl (C=O) groups excluding carboxylic acids is 7. The lowest BCUT2D eigenvalue weighted by molar-refractivity contribution is -0.126. The molecule has 4 aromatic rings. The average molecular weight is 1030 g/mol. The first-order chi connectivity index (χ1) is 35.4. The van der Waals surface area contributed by atoms with Crippen LogP contribution in [0.4, 0.5) is 0 Å². The van der Waals surface area contributed by atoms with Gasteiger partial charge in [-0.05, 0) is 62.1 Å². The van der Waals surface area contributed by atoms with E-state index in [-0.39, 0.29) is 117 Å². The van der Waals surface area contributed by atoms with E-state index in [1.54, 1.807) is 0 Å². The number of nitrogens with one attached hydrogen (secondary N) is 5. The van der Waals surface area contributed by atoms with E-state index in [9.17, 15) is 73.6 Å². The number of rotatable bonds is 8. The molecule has 29 heteroatoms. The Hall–Kier alpha value is -8.83. The maximum atomic E-state index is 14.4. The van der Waals surface area contributed by atoms with Crippen LogP contribution in [0.5, 0.6) is 0 Å². The van der Waals surface area contributed by atoms with E-state index in [1.165, 1.54) is 23.1 Å². The third kappa shape index (κ3) is 12.8. The first kappa shape index (κ1) is 54.5. The van der Waals surface area contributed by atoms with Gasteiger partial charge >= 0.3 is 0 Å². The van der Waals surface area contributed by atoms with Crippen LogP contribution >= 0.6 is 0 Å². The van der Waals surface area contributed by atoms with Crippen LogP contribution in [0.25, 0.3) is 0 Å². The zero-order chi connectivity index (χ0) is 53.6. The third-order valence-corrected chi connectivity index (χ3v) is 11.8. The fourth-order valence-electron chi connectivity index (χ4n) is 7.94. The normalized spacial score (nSPS) is 18.6. The number of pyridine rings is 4. The molecule has 1 saturated heterocycles. The highest BCUT2D eigenvalue weighted by atomic mass is 16.5. The second kappa shape index (κ2) is 25.0. The summed E-state index contributed by atoms with van der Waals surface area (Å²) in [7, 11) is 0. The first-order valence-corrected chi connectivity index (χ1v) is 23.1. The van der Waals surface area contributed by atoms with Crippen molar-refractivity contribution in [3.63, 3.8) is 0 Å². The van der Waals surface area contributed by atoms with Gasteiger partial charge in [0.1, 0.15) is 39.9 Å². The number of hydrogen-bond donors (Lipinski definition) is 10. The second-order valence-electron chi connectivity index (χ2n) is 16.7. The molecule has 1 fully saturated rings. The Morgan fingerprint density at radius 3 is 1.65 bits per heavy atom. The fraction of sp³-hybridized carbons (Fsp3) is 0.400. The summed E-state index contributed by atoms with van der Waals surface area (Å²) >= 11 is 0. The highest BCUT2D eigenvalue weighted by Gasteiger charge is 2.35. The number of nitrogens with zero attached hydrogens (tertiary/aromatic N) is 6. The van der Waals surface area contributed by atoms with Gasteiger partial charge in [0.25, 0.3) is 57.7 Å². The molecular weight excluding hydrogens is 981 g/mol. The lowest BCUT2D eigenvalue weighted by Gasteiger charge is -2.32. The van der Waals surface area contributed by atoms with Gasteiger partial charge in [0, 0.05) is 57.9 Å². The van der Waals surface area contributed by atoms with Gasteiger partial charge in [0.15, 0.2) is 0 Å². The molecule has 0 saturated carbocycles. The monoisotopic (exact) mass is 1030 g/mol. The van der Waals surface area contributed by atoms with Gasteiger partial charge in [-0.25, -0.2) is 0 Å². The van der Waals surface area contributed by atoms with E-state index >= 15 is 0 Å². The summed E-state index contributed by atoms with van der Waals surface area (Å²) in [4.78, 5) is 149. The molecule has 3 atom stereocenters. The minimum Gasteiger partial charge on any atom is -0.425 e. The Bertz CT molecular complexity index is 3020. The van der Waals surface area contributed by atoms with E-state index in [2.05, 4.69) is 26.6 Å². The van der Waals surface area contributed by atoms with Gasteiger partial charge in [-0.3, -0.25) is 52.7 Å². The first-order valence-electron chi connectivity index (χ1n) is 23.1. The molecule has 0 aliphatic carbocycles. The summed E-state index contributed by atoms with van der Waals surface area (Å²) < 4.78 is 10.8. The number of nitrogens with two attached hydrogens (primary N) is 1. The van der Waals surface area contributed by atoms with Crippen LogP contribution in [0, 0.1) is 0 Å². The van der Waals surface area contributed by atoms with Crippen LogP contribution < -0.4 is 54.6 Å². The minimum atomic E-state index is -1.45. The van der Waals surface area contributed by atoms with Crippen molar-refractivity contribution in [2.45, 2.75) is 43.8 Å². The molecule has 4 bridgehead atoms. The predicted octanol–water partition coefficient (Wildman–Crippen LogP) is -4.01. The third-order valence-electron chi connectivity index (χ3n) is 11.8. The summed E-state index contributed by atoms with van der Waals surface area (Å²) in [5.41, 5.74) is -2.54. The van der Waals surface area contributed by atoms with Gasteiger partial charge in [-0.2, -0.15) is 0 Å². The van der Waals surface area contributed by atoms with Crippen molar-refractivity contribution in [1.29, 1.82) is 0 Å². The highest BCUT2D eigenvalue weighted by molar-refractivity contribution is 5.99. The number of carbonyl (C=O) groups is 7. The summed E-state index contributed by atoms with van der Waals surface area (Å²) in [5.74, 6) is -6.75. The van der Waals surface area contributed by atoms with Gasteiger partial charge in [0.2, 0.25) is 5.91 Å². The Kier molecular flexibility index (Phi) is 18.4. The minimum absolute atomic E-state index is 0.000389. The van der Waals surface area contributed by atoms with Gasteiger partial charge < -0.3 is 72.4 Å². The molecule has 396 valence electrons. The van der Waals surface area contributed by atoms with Gasteiger partial charge in [0.05, 0.1) is 38.5 Å². The van der Waals surface area contributed by atoms with Crippen molar-refractivity contribution in [3.8, 4) is 0 Å². The molecule has 1 unspecified atom stereocenters. The van der Waals surface area contributed by atoms with Crippen molar-refractivity contribution in [1.82, 2.24) is 55.3 Å². The van der Waals surface area contributed by atoms with Crippen molar-refractivity contribution in [2.24, 2.45) is 5.73 Å². The Morgan fingerprint density at radius 1 is 0.622 bits per heavy atom. The summed E-state index contributed by atoms with van der Waals surface area (Å²) in [5, 5.41) is 55.3. The molecule has 8 rings (SSSR count). The molecular formula is C45H54N12O17. The molecule has 11 N–H and O–H groups in total. The van der Waals surface area contributed by atoms with Crippen LogP contribution in [0.2, 0.25) is 0 Å². The SMILES string of the molecule is NCCOCCNC(=O)C1CCCN(C(=O)c2cccc(=O)n2O)CCCNC(=O)c2ccc(c(=O)n2O)C(=O)N[C@@H]2COC[C@@H]2NC(=O)c2ccc(n(O)c2=O)C(=O)NCCCN1C(=O)c1cccc(=O)n1O. The van der Waals surface area contributed by atoms with Crippen molar-refractivity contribution in [2.75, 3.05) is 72.2 Å². The number of amides is 7. The number of ether oxygens (including phenoxy) is 2. The molecule has 8 heterocycles. The van der Waals surface area contributed by atoms with Gasteiger partial charge in [-0.15, -0.1) is 18.9 Å². The van der Waals surface area contributed by atoms with Crippen LogP contribution in [-0.4, -0.2) is 181 Å². The molecule has 0 radical (unpaired) electrons. The molecule has 7 amide bonds. The molecule has 0 aromatic carbocycles. The molecule has 4 aliphatic heterocycles. The molecule has 4 aromatic heterocycles. The maximum Gasteiger partial charge on any atom is 0.296 e. The number of hydrogen-bond acceptors (Lipinski definition) is 18. The smallest absolute Gasteiger partial charge is 0.296 e. The molecule has 4 aliphatic rings. The zero-order valence-corrected chi connectivity index (χ0v) is 39.5. The standard InChI is InChI=1S/C45H54N12O17/c46-15-22-73-23-18-49-39(62)30-8-3-19-52(44(67)33-6-1-9-35(58)54(33)69)20-4-16-47-40(63)31-13-11-26(42(65)56(31)71)37(60)50-28-24-74-25-29(28)51-38(61)27-12-14-32(57(72)43(27)66)41(64)48-17-5-21-53(30)45(68)34-7-2-10-36(59)55(34)70/h1-2,6-7,9-14,28-30,69-72H,3-5,8,15-25,46H2,(H,47,63)(H,48,64)(H,49,62)(H,50,60)(H,51,61)/t28-,29+,30?/m1/s1. The largest absolute Gasteiger partial charge is 0.425 e. The fourth-order valence-corrected chi connectivity index (χ4v) is 7.94. The second-order valence-corrected chi connectivity index (χ2v) is 16.7. The van der Waals surface area contributed by atoms with Crippen LogP contribution in [0.3, 0.4) is 0 Å². The number of aromatic nitrogens is 4. The van der Waals surface area contributed by atoms with Crippen LogP contribution in [0.1, 0.15) is 88.4 Å². The van der Waals surface area contributed by atoms with Crippen molar-refractivity contribution >= 4 is 41.4 Å². The Balaban J connectivity index is 1.35. The van der Waals surface area contributed by atoms with Crippen molar-refractivity contribution in [3.05, 3.63) is 136 Å². The topological polar surface area (TPSA) is 400 Å². The molecule has 74 heavy (non-hydrogen) atoms. The Morgan fingerprint density at radius 2 is 1.12 bits per heavy atom. The average Bonchev–Trinajstić information content (AvgIpc) is 3.81.